The highest BCUT2D eigenvalue weighted by molar-refractivity contribution is 7.89. The largest absolute Gasteiger partial charge is 0.302 e. The second-order valence-corrected chi connectivity index (χ2v) is 9.60. The maximum absolute atomic E-state index is 13.1. The molecule has 1 amide bonds. The van der Waals surface area contributed by atoms with Gasteiger partial charge < -0.3 is 5.32 Å². The molecule has 2 aromatic carbocycles. The maximum atomic E-state index is 13.1. The third-order valence-electron chi connectivity index (χ3n) is 4.73. The summed E-state index contributed by atoms with van der Waals surface area (Å²) < 4.78 is 41.0. The summed E-state index contributed by atoms with van der Waals surface area (Å²) in [5, 5.41) is 3.32. The number of hydrogen-bond acceptors (Lipinski definition) is 5. The van der Waals surface area contributed by atoms with Crippen LogP contribution in [0.25, 0.3) is 10.2 Å². The molecule has 1 fully saturated rings. The molecule has 4 rings (SSSR count). The van der Waals surface area contributed by atoms with Crippen molar-refractivity contribution < 1.29 is 17.6 Å². The van der Waals surface area contributed by atoms with Gasteiger partial charge in [0.05, 0.1) is 21.0 Å². The quantitative estimate of drug-likeness (QED) is 0.702. The van der Waals surface area contributed by atoms with Gasteiger partial charge in [-0.1, -0.05) is 23.5 Å². The Bertz CT molecular complexity index is 1080. The lowest BCUT2D eigenvalue weighted by molar-refractivity contribution is -0.120. The molecule has 146 valence electrons. The Hall–Kier alpha value is -2.36. The second kappa shape index (κ2) is 7.57. The summed E-state index contributed by atoms with van der Waals surface area (Å²) in [6.07, 6.45) is 1.19. The van der Waals surface area contributed by atoms with Crippen molar-refractivity contribution in [2.45, 2.75) is 17.7 Å². The van der Waals surface area contributed by atoms with E-state index in [1.54, 1.807) is 0 Å². The minimum atomic E-state index is -3.76. The first-order chi connectivity index (χ1) is 13.4. The van der Waals surface area contributed by atoms with Crippen molar-refractivity contribution in [1.82, 2.24) is 9.29 Å². The monoisotopic (exact) mass is 419 g/mol. The molecule has 3 aromatic rings. The Balaban J connectivity index is 1.48. The molecule has 0 aliphatic carbocycles. The van der Waals surface area contributed by atoms with E-state index in [2.05, 4.69) is 10.3 Å². The lowest BCUT2D eigenvalue weighted by Crippen LogP contribution is -2.43. The van der Waals surface area contributed by atoms with E-state index in [-0.39, 0.29) is 17.3 Å². The number of nitrogens with zero attached hydrogens (tertiary/aromatic N) is 2. The zero-order valence-electron chi connectivity index (χ0n) is 14.8. The number of carbonyl (C=O) groups is 1. The van der Waals surface area contributed by atoms with Gasteiger partial charge in [-0.3, -0.25) is 4.79 Å². The van der Waals surface area contributed by atoms with Crippen LogP contribution in [-0.4, -0.2) is 36.7 Å². The fourth-order valence-electron chi connectivity index (χ4n) is 3.26. The number of sulfonamides is 1. The summed E-state index contributed by atoms with van der Waals surface area (Å²) in [6.45, 7) is 0.432. The summed E-state index contributed by atoms with van der Waals surface area (Å²) in [5.41, 5.74) is 0.812. The number of amides is 1. The SMILES string of the molecule is O=C(Nc1nc2ccccc2s1)[C@H]1CCCN(S(=O)(=O)c2ccc(F)cc2)C1. The predicted molar refractivity (Wildman–Crippen MR) is 106 cm³/mol. The van der Waals surface area contributed by atoms with Crippen molar-refractivity contribution in [2.24, 2.45) is 5.92 Å². The van der Waals surface area contributed by atoms with Crippen molar-refractivity contribution in [3.05, 3.63) is 54.3 Å². The summed E-state index contributed by atoms with van der Waals surface area (Å²) >= 11 is 1.38. The third-order valence-corrected chi connectivity index (χ3v) is 7.56. The van der Waals surface area contributed by atoms with E-state index in [1.165, 1.54) is 27.8 Å². The predicted octanol–water partition coefficient (Wildman–Crippen LogP) is 3.47. The number of rotatable bonds is 4. The summed E-state index contributed by atoms with van der Waals surface area (Å²) in [6, 6.07) is 12.3. The molecule has 0 unspecified atom stereocenters. The summed E-state index contributed by atoms with van der Waals surface area (Å²) in [7, 11) is -3.76. The molecule has 2 heterocycles. The number of halogens is 1. The Kier molecular flexibility index (Phi) is 5.13. The van der Waals surface area contributed by atoms with Crippen molar-refractivity contribution in [3.8, 4) is 0 Å². The van der Waals surface area contributed by atoms with E-state index in [9.17, 15) is 17.6 Å². The molecule has 1 aliphatic heterocycles. The summed E-state index contributed by atoms with van der Waals surface area (Å²) in [5.74, 6) is -1.19. The Labute approximate surface area is 166 Å². The Morgan fingerprint density at radius 3 is 2.68 bits per heavy atom. The van der Waals surface area contributed by atoms with Gasteiger partial charge in [-0.05, 0) is 49.2 Å². The molecule has 0 saturated carbocycles. The molecule has 1 aromatic heterocycles. The normalized spacial score (nSPS) is 18.2. The van der Waals surface area contributed by atoms with Crippen LogP contribution in [0.4, 0.5) is 9.52 Å². The number of para-hydroxylation sites is 1. The van der Waals surface area contributed by atoms with Gasteiger partial charge in [-0.15, -0.1) is 0 Å². The highest BCUT2D eigenvalue weighted by atomic mass is 32.2. The molecule has 28 heavy (non-hydrogen) atoms. The van der Waals surface area contributed by atoms with Crippen LogP contribution in [-0.2, 0) is 14.8 Å². The number of thiazole rings is 1. The number of carbonyl (C=O) groups excluding carboxylic acids is 1. The Morgan fingerprint density at radius 1 is 1.18 bits per heavy atom. The van der Waals surface area contributed by atoms with E-state index in [1.807, 2.05) is 24.3 Å². The number of hydrogen-bond donors (Lipinski definition) is 1. The van der Waals surface area contributed by atoms with Crippen LogP contribution in [0.2, 0.25) is 0 Å². The van der Waals surface area contributed by atoms with Gasteiger partial charge in [0, 0.05) is 13.1 Å². The van der Waals surface area contributed by atoms with Crippen LogP contribution in [0, 0.1) is 11.7 Å². The molecule has 0 radical (unpaired) electrons. The minimum absolute atomic E-state index is 0.0288. The zero-order valence-corrected chi connectivity index (χ0v) is 16.5. The highest BCUT2D eigenvalue weighted by Gasteiger charge is 2.33. The maximum Gasteiger partial charge on any atom is 0.243 e. The Morgan fingerprint density at radius 2 is 1.93 bits per heavy atom. The van der Waals surface area contributed by atoms with E-state index in [0.29, 0.717) is 24.5 Å². The minimum Gasteiger partial charge on any atom is -0.302 e. The lowest BCUT2D eigenvalue weighted by Gasteiger charge is -2.31. The number of fused-ring (bicyclic) bond motifs is 1. The van der Waals surface area contributed by atoms with Crippen LogP contribution < -0.4 is 5.32 Å². The zero-order chi connectivity index (χ0) is 19.7. The molecule has 9 heteroatoms. The van der Waals surface area contributed by atoms with Crippen molar-refractivity contribution >= 4 is 42.6 Å². The second-order valence-electron chi connectivity index (χ2n) is 6.63. The first-order valence-electron chi connectivity index (χ1n) is 8.85. The standard InChI is InChI=1S/C19H18FN3O3S2/c20-14-7-9-15(10-8-14)28(25,26)23-11-3-4-13(12-23)18(24)22-19-21-16-5-1-2-6-17(16)27-19/h1-2,5-10,13H,3-4,11-12H2,(H,21,22,24)/t13-/m0/s1. The molecule has 1 saturated heterocycles. The van der Waals surface area contributed by atoms with Crippen LogP contribution in [0.3, 0.4) is 0 Å². The smallest absolute Gasteiger partial charge is 0.243 e. The molecule has 1 aliphatic rings. The summed E-state index contributed by atoms with van der Waals surface area (Å²) in [4.78, 5) is 17.1. The molecular weight excluding hydrogens is 401 g/mol. The van der Waals surface area contributed by atoms with Gasteiger partial charge in [-0.2, -0.15) is 4.31 Å². The van der Waals surface area contributed by atoms with Crippen LogP contribution in [0.15, 0.2) is 53.4 Å². The third kappa shape index (κ3) is 3.78. The average molecular weight is 420 g/mol. The molecule has 6 nitrogen and oxygen atoms in total. The highest BCUT2D eigenvalue weighted by Crippen LogP contribution is 2.28. The lowest BCUT2D eigenvalue weighted by atomic mass is 9.99. The van der Waals surface area contributed by atoms with E-state index < -0.39 is 21.8 Å². The number of benzene rings is 2. The molecule has 1 atom stereocenters. The molecule has 0 bridgehead atoms. The van der Waals surface area contributed by atoms with Gasteiger partial charge in [0.25, 0.3) is 0 Å². The number of nitrogens with one attached hydrogen (secondary N) is 1. The van der Waals surface area contributed by atoms with Gasteiger partial charge in [0.1, 0.15) is 5.82 Å². The van der Waals surface area contributed by atoms with Gasteiger partial charge in [0.2, 0.25) is 15.9 Å². The van der Waals surface area contributed by atoms with Crippen LogP contribution >= 0.6 is 11.3 Å². The van der Waals surface area contributed by atoms with E-state index in [4.69, 9.17) is 0 Å². The fourth-order valence-corrected chi connectivity index (χ4v) is 5.66. The van der Waals surface area contributed by atoms with Gasteiger partial charge >= 0.3 is 0 Å². The van der Waals surface area contributed by atoms with E-state index in [0.717, 1.165) is 22.3 Å². The van der Waals surface area contributed by atoms with Gasteiger partial charge in [0.15, 0.2) is 5.13 Å². The van der Waals surface area contributed by atoms with Crippen molar-refractivity contribution in [3.63, 3.8) is 0 Å². The van der Waals surface area contributed by atoms with Crippen LogP contribution in [0.5, 0.6) is 0 Å². The number of piperidine rings is 1. The fraction of sp³-hybridized carbons (Fsp3) is 0.263. The first kappa shape index (κ1) is 19.0. The topological polar surface area (TPSA) is 79.4 Å². The van der Waals surface area contributed by atoms with E-state index >= 15 is 0 Å². The molecule has 0 spiro atoms. The average Bonchev–Trinajstić information content (AvgIpc) is 3.10. The first-order valence-corrected chi connectivity index (χ1v) is 11.1. The van der Waals surface area contributed by atoms with Crippen LogP contribution in [0.1, 0.15) is 12.8 Å². The van der Waals surface area contributed by atoms with Crippen molar-refractivity contribution in [1.29, 1.82) is 0 Å². The number of anilines is 1. The molecular formula is C19H18FN3O3S2. The molecule has 1 N–H and O–H groups in total. The van der Waals surface area contributed by atoms with Gasteiger partial charge in [-0.25, -0.2) is 17.8 Å². The van der Waals surface area contributed by atoms with Crippen molar-refractivity contribution in [2.75, 3.05) is 18.4 Å². The number of aromatic nitrogens is 1.